The van der Waals surface area contributed by atoms with Crippen LogP contribution < -0.4 is 10.9 Å². The topological polar surface area (TPSA) is 100 Å². The Morgan fingerprint density at radius 2 is 1.84 bits per heavy atom. The molecule has 158 valence electrons. The number of aromatic amines is 1. The molecule has 0 atom stereocenters. The number of hydrogen-bond acceptors (Lipinski definition) is 4. The van der Waals surface area contributed by atoms with Crippen molar-refractivity contribution in [3.05, 3.63) is 93.4 Å². The normalized spacial score (nSPS) is 11.2. The SMILES string of the molecule is Cc1ccc(O)c(NC(=O)c2ccc3ncc4c(=O)n(-c5ccc(Cl)cc5)[nH]c4c3c2)c1. The van der Waals surface area contributed by atoms with E-state index in [9.17, 15) is 14.7 Å². The summed E-state index contributed by atoms with van der Waals surface area (Å²) in [6.07, 6.45) is 1.52. The molecule has 3 N–H and O–H groups in total. The van der Waals surface area contributed by atoms with Crippen molar-refractivity contribution in [1.82, 2.24) is 14.8 Å². The first-order valence-electron chi connectivity index (χ1n) is 9.81. The van der Waals surface area contributed by atoms with Crippen molar-refractivity contribution in [1.29, 1.82) is 0 Å². The fourth-order valence-corrected chi connectivity index (χ4v) is 3.74. The second-order valence-corrected chi connectivity index (χ2v) is 7.92. The Kier molecular flexibility index (Phi) is 4.68. The predicted octanol–water partition coefficient (Wildman–Crippen LogP) is 4.79. The van der Waals surface area contributed by atoms with Crippen LogP contribution in [0.2, 0.25) is 5.02 Å². The first-order chi connectivity index (χ1) is 15.4. The molecule has 0 saturated carbocycles. The summed E-state index contributed by atoms with van der Waals surface area (Å²) < 4.78 is 1.42. The fourth-order valence-electron chi connectivity index (χ4n) is 3.62. The number of hydrogen-bond donors (Lipinski definition) is 3. The zero-order valence-electron chi connectivity index (χ0n) is 16.9. The number of anilines is 1. The Labute approximate surface area is 186 Å². The van der Waals surface area contributed by atoms with Gasteiger partial charge in [-0.25, -0.2) is 4.68 Å². The first-order valence-corrected chi connectivity index (χ1v) is 10.2. The van der Waals surface area contributed by atoms with E-state index in [0.717, 1.165) is 5.56 Å². The molecule has 7 nitrogen and oxygen atoms in total. The molecule has 0 saturated heterocycles. The van der Waals surface area contributed by atoms with Crippen molar-refractivity contribution in [2.24, 2.45) is 0 Å². The van der Waals surface area contributed by atoms with Gasteiger partial charge in [0.25, 0.3) is 11.5 Å². The largest absolute Gasteiger partial charge is 0.506 e. The van der Waals surface area contributed by atoms with Crippen LogP contribution in [-0.2, 0) is 0 Å². The van der Waals surface area contributed by atoms with Crippen molar-refractivity contribution >= 4 is 45.0 Å². The number of rotatable bonds is 3. The van der Waals surface area contributed by atoms with Crippen LogP contribution in [0.25, 0.3) is 27.5 Å². The number of aromatic nitrogens is 3. The number of halogens is 1. The molecule has 1 amide bonds. The Morgan fingerprint density at radius 3 is 2.62 bits per heavy atom. The van der Waals surface area contributed by atoms with Crippen molar-refractivity contribution < 1.29 is 9.90 Å². The molecule has 8 heteroatoms. The quantitative estimate of drug-likeness (QED) is 0.348. The number of carbonyl (C=O) groups is 1. The standard InChI is InChI=1S/C24H17ClN4O3/c1-13-2-9-21(30)20(10-13)27-23(31)14-3-8-19-17(11-14)22-18(12-26-19)24(32)29(28-22)16-6-4-15(25)5-7-16/h2-12,28,30H,1H3,(H,27,31). The molecular weight excluding hydrogens is 428 g/mol. The van der Waals surface area contributed by atoms with Gasteiger partial charge in [0.15, 0.2) is 0 Å². The molecule has 2 aromatic heterocycles. The number of fused-ring (bicyclic) bond motifs is 3. The van der Waals surface area contributed by atoms with Crippen molar-refractivity contribution in [2.75, 3.05) is 5.32 Å². The van der Waals surface area contributed by atoms with Gasteiger partial charge in [0, 0.05) is 22.2 Å². The Hall–Kier alpha value is -4.10. The maximum atomic E-state index is 12.9. The highest BCUT2D eigenvalue weighted by molar-refractivity contribution is 6.30. The number of carbonyl (C=O) groups excluding carboxylic acids is 1. The highest BCUT2D eigenvalue weighted by Crippen LogP contribution is 2.26. The lowest BCUT2D eigenvalue weighted by atomic mass is 10.1. The Bertz CT molecular complexity index is 1570. The zero-order valence-corrected chi connectivity index (χ0v) is 17.6. The van der Waals surface area contributed by atoms with Crippen LogP contribution in [0.1, 0.15) is 15.9 Å². The number of benzene rings is 3. The number of amides is 1. The van der Waals surface area contributed by atoms with Gasteiger partial charge in [0.2, 0.25) is 0 Å². The van der Waals surface area contributed by atoms with E-state index in [-0.39, 0.29) is 17.2 Å². The molecule has 0 aliphatic carbocycles. The summed E-state index contributed by atoms with van der Waals surface area (Å²) in [5, 5.41) is 17.5. The summed E-state index contributed by atoms with van der Waals surface area (Å²) in [4.78, 5) is 30.2. The molecule has 0 aliphatic rings. The van der Waals surface area contributed by atoms with E-state index in [0.29, 0.717) is 43.8 Å². The predicted molar refractivity (Wildman–Crippen MR) is 125 cm³/mol. The van der Waals surface area contributed by atoms with Crippen molar-refractivity contribution in [3.63, 3.8) is 0 Å². The minimum absolute atomic E-state index is 0.0156. The van der Waals surface area contributed by atoms with E-state index in [4.69, 9.17) is 11.6 Å². The van der Waals surface area contributed by atoms with E-state index >= 15 is 0 Å². The van der Waals surface area contributed by atoms with E-state index in [1.807, 2.05) is 6.92 Å². The molecule has 32 heavy (non-hydrogen) atoms. The molecule has 0 radical (unpaired) electrons. The second kappa shape index (κ2) is 7.55. The van der Waals surface area contributed by atoms with Crippen LogP contribution in [0.3, 0.4) is 0 Å². The summed E-state index contributed by atoms with van der Waals surface area (Å²) in [5.74, 6) is -0.401. The minimum Gasteiger partial charge on any atom is -0.506 e. The van der Waals surface area contributed by atoms with Crippen LogP contribution in [0, 0.1) is 6.92 Å². The van der Waals surface area contributed by atoms with E-state index in [1.54, 1.807) is 54.6 Å². The van der Waals surface area contributed by atoms with Crippen LogP contribution in [0.5, 0.6) is 5.75 Å². The molecule has 0 aliphatic heterocycles. The van der Waals surface area contributed by atoms with E-state index in [1.165, 1.54) is 16.9 Å². The lowest BCUT2D eigenvalue weighted by Crippen LogP contribution is -2.14. The molecule has 0 unspecified atom stereocenters. The Morgan fingerprint density at radius 1 is 1.06 bits per heavy atom. The van der Waals surface area contributed by atoms with Gasteiger partial charge in [-0.05, 0) is 67.1 Å². The number of aromatic hydroxyl groups is 1. The zero-order chi connectivity index (χ0) is 22.4. The molecule has 0 bridgehead atoms. The third-order valence-electron chi connectivity index (χ3n) is 5.27. The Balaban J connectivity index is 1.61. The number of phenols is 1. The molecule has 5 aromatic rings. The third-order valence-corrected chi connectivity index (χ3v) is 5.52. The van der Waals surface area contributed by atoms with Gasteiger partial charge in [-0.3, -0.25) is 19.7 Å². The van der Waals surface area contributed by atoms with Gasteiger partial charge < -0.3 is 10.4 Å². The molecule has 2 heterocycles. The van der Waals surface area contributed by atoms with Gasteiger partial charge in [-0.2, -0.15) is 0 Å². The molecular formula is C24H17ClN4O3. The van der Waals surface area contributed by atoms with Gasteiger partial charge in [-0.1, -0.05) is 17.7 Å². The van der Waals surface area contributed by atoms with Crippen LogP contribution in [0.4, 0.5) is 5.69 Å². The average molecular weight is 445 g/mol. The smallest absolute Gasteiger partial charge is 0.280 e. The van der Waals surface area contributed by atoms with E-state index < -0.39 is 0 Å². The number of aryl methyl sites for hydroxylation is 1. The number of nitrogens with one attached hydrogen (secondary N) is 2. The number of pyridine rings is 1. The number of H-pyrrole nitrogens is 1. The van der Waals surface area contributed by atoms with Crippen molar-refractivity contribution in [3.8, 4) is 11.4 Å². The lowest BCUT2D eigenvalue weighted by molar-refractivity contribution is 0.102. The van der Waals surface area contributed by atoms with Gasteiger partial charge in [-0.15, -0.1) is 0 Å². The monoisotopic (exact) mass is 444 g/mol. The highest BCUT2D eigenvalue weighted by Gasteiger charge is 2.15. The maximum Gasteiger partial charge on any atom is 0.280 e. The van der Waals surface area contributed by atoms with E-state index in [2.05, 4.69) is 15.4 Å². The summed E-state index contributed by atoms with van der Waals surface area (Å²) in [5.41, 5.74) is 3.19. The van der Waals surface area contributed by atoms with Crippen molar-refractivity contribution in [2.45, 2.75) is 6.92 Å². The minimum atomic E-state index is -0.385. The van der Waals surface area contributed by atoms with Crippen LogP contribution >= 0.6 is 11.6 Å². The number of phenolic OH excluding ortho intramolecular Hbond substituents is 1. The summed E-state index contributed by atoms with van der Waals surface area (Å²) in [6, 6.07) is 16.9. The summed E-state index contributed by atoms with van der Waals surface area (Å²) >= 11 is 5.96. The van der Waals surface area contributed by atoms with Gasteiger partial charge >= 0.3 is 0 Å². The summed E-state index contributed by atoms with van der Waals surface area (Å²) in [7, 11) is 0. The third kappa shape index (κ3) is 3.38. The maximum absolute atomic E-state index is 12.9. The fraction of sp³-hybridized carbons (Fsp3) is 0.0417. The molecule has 0 fully saturated rings. The van der Waals surface area contributed by atoms with Gasteiger partial charge in [0.1, 0.15) is 5.75 Å². The van der Waals surface area contributed by atoms with Gasteiger partial charge in [0.05, 0.1) is 27.8 Å². The second-order valence-electron chi connectivity index (χ2n) is 7.48. The summed E-state index contributed by atoms with van der Waals surface area (Å²) in [6.45, 7) is 1.87. The average Bonchev–Trinajstić information content (AvgIpc) is 3.13. The highest BCUT2D eigenvalue weighted by atomic mass is 35.5. The lowest BCUT2D eigenvalue weighted by Gasteiger charge is -2.09. The molecule has 0 spiro atoms. The molecule has 5 rings (SSSR count). The molecule has 3 aromatic carbocycles. The number of nitrogens with zero attached hydrogens (tertiary/aromatic N) is 2. The first kappa shape index (κ1) is 19.8. The van der Waals surface area contributed by atoms with Crippen LogP contribution in [-0.4, -0.2) is 25.8 Å². The van der Waals surface area contributed by atoms with Crippen LogP contribution in [0.15, 0.2) is 71.7 Å².